The van der Waals surface area contributed by atoms with E-state index in [1.54, 1.807) is 7.11 Å². The minimum atomic E-state index is 0.208. The lowest BCUT2D eigenvalue weighted by atomic mass is 9.95. The van der Waals surface area contributed by atoms with Gasteiger partial charge in [0.15, 0.2) is 0 Å². The van der Waals surface area contributed by atoms with Crippen LogP contribution in [0.4, 0.5) is 11.4 Å². The van der Waals surface area contributed by atoms with Crippen LogP contribution in [0.2, 0.25) is 0 Å². The van der Waals surface area contributed by atoms with E-state index < -0.39 is 0 Å². The Kier molecular flexibility index (Phi) is 9.73. The van der Waals surface area contributed by atoms with Gasteiger partial charge in [-0.15, -0.1) is 0 Å². The summed E-state index contributed by atoms with van der Waals surface area (Å²) in [7, 11) is 3.93. The van der Waals surface area contributed by atoms with Crippen LogP contribution in [0.3, 0.4) is 0 Å². The van der Waals surface area contributed by atoms with Crippen LogP contribution in [0.15, 0.2) is 36.4 Å². The molecule has 2 heterocycles. The van der Waals surface area contributed by atoms with Crippen molar-refractivity contribution in [2.45, 2.75) is 58.9 Å². The second kappa shape index (κ2) is 13.2. The summed E-state index contributed by atoms with van der Waals surface area (Å²) >= 11 is 0. The monoisotopic (exact) mass is 506 g/mol. The molecule has 202 valence electrons. The lowest BCUT2D eigenvalue weighted by Gasteiger charge is -2.38. The quantitative estimate of drug-likeness (QED) is 0.430. The van der Waals surface area contributed by atoms with E-state index in [4.69, 9.17) is 4.74 Å². The Bertz CT molecular complexity index is 1010. The lowest BCUT2D eigenvalue weighted by Crippen LogP contribution is -2.45. The van der Waals surface area contributed by atoms with Gasteiger partial charge in [-0.05, 0) is 56.1 Å². The lowest BCUT2D eigenvalue weighted by molar-refractivity contribution is -0.131. The molecule has 0 atom stereocenters. The van der Waals surface area contributed by atoms with E-state index >= 15 is 0 Å². The highest BCUT2D eigenvalue weighted by Crippen LogP contribution is 2.36. The number of unbranched alkanes of at least 4 members (excludes halogenated alkanes) is 2. The van der Waals surface area contributed by atoms with Crippen molar-refractivity contribution in [3.05, 3.63) is 53.1 Å². The number of amides is 1. The summed E-state index contributed by atoms with van der Waals surface area (Å²) in [6.45, 7) is 12.3. The van der Waals surface area contributed by atoms with E-state index in [1.165, 1.54) is 48.2 Å². The topological polar surface area (TPSA) is 39.3 Å². The molecule has 1 fully saturated rings. The maximum absolute atomic E-state index is 13.4. The van der Waals surface area contributed by atoms with Gasteiger partial charge in [-0.25, -0.2) is 0 Å². The van der Waals surface area contributed by atoms with E-state index in [1.807, 2.05) is 4.90 Å². The summed E-state index contributed by atoms with van der Waals surface area (Å²) in [5.74, 6) is 1.16. The first-order valence-corrected chi connectivity index (χ1v) is 14.3. The average molecular weight is 507 g/mol. The predicted octanol–water partition coefficient (Wildman–Crippen LogP) is 4.98. The summed E-state index contributed by atoms with van der Waals surface area (Å²) in [5, 5.41) is 0. The number of anilines is 2. The molecule has 1 saturated heterocycles. The molecule has 37 heavy (non-hydrogen) atoms. The molecule has 6 heteroatoms. The highest BCUT2D eigenvalue weighted by Gasteiger charge is 2.28. The number of benzene rings is 2. The van der Waals surface area contributed by atoms with Crippen molar-refractivity contribution in [3.8, 4) is 5.75 Å². The van der Waals surface area contributed by atoms with Gasteiger partial charge in [0.05, 0.1) is 13.5 Å². The predicted molar refractivity (Wildman–Crippen MR) is 154 cm³/mol. The summed E-state index contributed by atoms with van der Waals surface area (Å²) in [4.78, 5) is 22.8. The Morgan fingerprint density at radius 2 is 1.57 bits per heavy atom. The van der Waals surface area contributed by atoms with Gasteiger partial charge < -0.3 is 24.3 Å². The SMILES string of the molecule is CCCCN(CCCC)c1ccc(CC(=O)N2CCc3c(OC)ccc(N4CCN(C)CC4)c3C2)cc1. The molecule has 2 aromatic carbocycles. The van der Waals surface area contributed by atoms with E-state index in [9.17, 15) is 4.79 Å². The van der Waals surface area contributed by atoms with Crippen molar-refractivity contribution in [1.82, 2.24) is 9.80 Å². The van der Waals surface area contributed by atoms with E-state index in [-0.39, 0.29) is 5.91 Å². The van der Waals surface area contributed by atoms with Crippen molar-refractivity contribution < 1.29 is 9.53 Å². The number of hydrogen-bond donors (Lipinski definition) is 0. The molecule has 2 aromatic rings. The standard InChI is InChI=1S/C31H46N4O2/c1-5-7-16-33(17-8-6-2)26-11-9-25(10-12-26)23-31(36)35-18-15-27-28(24-35)29(13-14-30(27)37-4)34-21-19-32(3)20-22-34/h9-14H,5-8,15-24H2,1-4H3. The maximum Gasteiger partial charge on any atom is 0.227 e. The van der Waals surface area contributed by atoms with E-state index in [2.05, 4.69) is 72.0 Å². The Morgan fingerprint density at radius 1 is 0.892 bits per heavy atom. The maximum atomic E-state index is 13.4. The van der Waals surface area contributed by atoms with E-state index in [0.29, 0.717) is 13.0 Å². The molecular formula is C31H46N4O2. The van der Waals surface area contributed by atoms with Gasteiger partial charge in [0.2, 0.25) is 5.91 Å². The van der Waals surface area contributed by atoms with Crippen molar-refractivity contribution in [3.63, 3.8) is 0 Å². The van der Waals surface area contributed by atoms with Crippen LogP contribution >= 0.6 is 0 Å². The zero-order valence-corrected chi connectivity index (χ0v) is 23.5. The molecule has 0 aromatic heterocycles. The fourth-order valence-corrected chi connectivity index (χ4v) is 5.55. The number of rotatable bonds is 11. The van der Waals surface area contributed by atoms with Gasteiger partial charge >= 0.3 is 0 Å². The van der Waals surface area contributed by atoms with Crippen molar-refractivity contribution in [2.24, 2.45) is 0 Å². The summed E-state index contributed by atoms with van der Waals surface area (Å²) < 4.78 is 5.71. The zero-order chi connectivity index (χ0) is 26.2. The van der Waals surface area contributed by atoms with Crippen LogP contribution in [-0.4, -0.2) is 75.7 Å². The van der Waals surface area contributed by atoms with Crippen LogP contribution in [0.1, 0.15) is 56.2 Å². The molecule has 4 rings (SSSR count). The minimum Gasteiger partial charge on any atom is -0.496 e. The van der Waals surface area contributed by atoms with Gasteiger partial charge in [0.25, 0.3) is 0 Å². The third kappa shape index (κ3) is 6.78. The number of carbonyl (C=O) groups is 1. The molecule has 2 aliphatic rings. The number of carbonyl (C=O) groups excluding carboxylic acids is 1. The smallest absolute Gasteiger partial charge is 0.227 e. The molecule has 6 nitrogen and oxygen atoms in total. The average Bonchev–Trinajstić information content (AvgIpc) is 2.93. The van der Waals surface area contributed by atoms with Crippen LogP contribution in [0.5, 0.6) is 5.75 Å². The largest absolute Gasteiger partial charge is 0.496 e. The zero-order valence-electron chi connectivity index (χ0n) is 23.5. The Morgan fingerprint density at radius 3 is 2.19 bits per heavy atom. The molecule has 0 spiro atoms. The van der Waals surface area contributed by atoms with Crippen molar-refractivity contribution in [2.75, 3.05) is 69.8 Å². The van der Waals surface area contributed by atoms with Gasteiger partial charge in [-0.1, -0.05) is 38.8 Å². The highest BCUT2D eigenvalue weighted by molar-refractivity contribution is 5.80. The van der Waals surface area contributed by atoms with Crippen LogP contribution < -0.4 is 14.5 Å². The first kappa shape index (κ1) is 27.3. The number of piperazine rings is 1. The van der Waals surface area contributed by atoms with E-state index in [0.717, 1.165) is 63.5 Å². The Labute approximate surface area is 224 Å². The Balaban J connectivity index is 1.45. The number of methoxy groups -OCH3 is 1. The third-order valence-electron chi connectivity index (χ3n) is 7.98. The number of fused-ring (bicyclic) bond motifs is 1. The molecule has 0 N–H and O–H groups in total. The summed E-state index contributed by atoms with van der Waals surface area (Å²) in [5.41, 5.74) is 6.17. The summed E-state index contributed by atoms with van der Waals surface area (Å²) in [6, 6.07) is 13.0. The van der Waals surface area contributed by atoms with Crippen LogP contribution in [0.25, 0.3) is 0 Å². The molecule has 0 aliphatic carbocycles. The third-order valence-corrected chi connectivity index (χ3v) is 7.98. The molecular weight excluding hydrogens is 460 g/mol. The van der Waals surface area contributed by atoms with Crippen LogP contribution in [0, 0.1) is 0 Å². The first-order valence-electron chi connectivity index (χ1n) is 14.3. The van der Waals surface area contributed by atoms with Gasteiger partial charge in [0, 0.05) is 74.9 Å². The normalized spacial score (nSPS) is 16.0. The fraction of sp³-hybridized carbons (Fsp3) is 0.581. The molecule has 0 bridgehead atoms. The fourth-order valence-electron chi connectivity index (χ4n) is 5.55. The number of ether oxygens (including phenoxy) is 1. The first-order chi connectivity index (χ1) is 18.0. The molecule has 0 saturated carbocycles. The van der Waals surface area contributed by atoms with Gasteiger partial charge in [0.1, 0.15) is 5.75 Å². The Hall–Kier alpha value is -2.73. The number of hydrogen-bond acceptors (Lipinski definition) is 5. The summed E-state index contributed by atoms with van der Waals surface area (Å²) in [6.07, 6.45) is 6.12. The number of nitrogens with zero attached hydrogens (tertiary/aromatic N) is 4. The van der Waals surface area contributed by atoms with Gasteiger partial charge in [-0.3, -0.25) is 4.79 Å². The molecule has 2 aliphatic heterocycles. The number of likely N-dealkylation sites (N-methyl/N-ethyl adjacent to an activating group) is 1. The second-order valence-electron chi connectivity index (χ2n) is 10.6. The molecule has 1 amide bonds. The highest BCUT2D eigenvalue weighted by atomic mass is 16.5. The molecule has 0 unspecified atom stereocenters. The van der Waals surface area contributed by atoms with Crippen molar-refractivity contribution in [1.29, 1.82) is 0 Å². The molecule has 0 radical (unpaired) electrons. The van der Waals surface area contributed by atoms with Crippen LogP contribution in [-0.2, 0) is 24.2 Å². The minimum absolute atomic E-state index is 0.208. The second-order valence-corrected chi connectivity index (χ2v) is 10.6. The van der Waals surface area contributed by atoms with Crippen molar-refractivity contribution >= 4 is 17.3 Å². The van der Waals surface area contributed by atoms with Gasteiger partial charge in [-0.2, -0.15) is 0 Å².